The maximum atomic E-state index is 12.6. The van der Waals surface area contributed by atoms with Crippen molar-refractivity contribution in [3.8, 4) is 0 Å². The fraction of sp³-hybridized carbons (Fsp3) is 0.947. The standard InChI is InChI=1S/C38H78N4O4/c1-5-7-9-11-13-15-19-23-27-39-37(45)35-41(3,31-33-43)29-25-21-17-18-22-26-30-42(4,32-34-44)36-38(46)40-28-24-20-16-14-12-10-8-6-2/h43-44H,5-36H2,1-4H3/p+2. The zero-order valence-electron chi connectivity index (χ0n) is 31.2. The first-order valence-corrected chi connectivity index (χ1v) is 19.7. The summed E-state index contributed by atoms with van der Waals surface area (Å²) in [6.07, 6.45) is 26.9. The zero-order chi connectivity index (χ0) is 34.2. The summed E-state index contributed by atoms with van der Waals surface area (Å²) in [5.74, 6) is 0.203. The van der Waals surface area contributed by atoms with E-state index < -0.39 is 0 Å². The van der Waals surface area contributed by atoms with Gasteiger partial charge in [-0.25, -0.2) is 0 Å². The minimum absolute atomic E-state index is 0.101. The van der Waals surface area contributed by atoms with Gasteiger partial charge in [-0.1, -0.05) is 117 Å². The molecular weight excluding hydrogens is 576 g/mol. The van der Waals surface area contributed by atoms with E-state index in [1.807, 2.05) is 0 Å². The molecule has 2 unspecified atom stereocenters. The molecule has 0 bridgehead atoms. The highest BCUT2D eigenvalue weighted by Crippen LogP contribution is 2.13. The average molecular weight is 657 g/mol. The number of unbranched alkanes of at least 4 members (excludes halogenated alkanes) is 19. The number of hydrogen-bond acceptors (Lipinski definition) is 4. The van der Waals surface area contributed by atoms with Gasteiger partial charge in [0.05, 0.1) is 40.4 Å². The summed E-state index contributed by atoms with van der Waals surface area (Å²) in [4.78, 5) is 25.2. The molecule has 8 heteroatoms. The fourth-order valence-corrected chi connectivity index (χ4v) is 6.50. The molecule has 4 N–H and O–H groups in total. The second-order valence-electron chi connectivity index (χ2n) is 14.7. The predicted octanol–water partition coefficient (Wildman–Crippen LogP) is 6.72. The van der Waals surface area contributed by atoms with Gasteiger partial charge in [0, 0.05) is 13.1 Å². The molecule has 0 aliphatic carbocycles. The van der Waals surface area contributed by atoms with Gasteiger partial charge >= 0.3 is 0 Å². The Hall–Kier alpha value is -1.22. The van der Waals surface area contributed by atoms with Gasteiger partial charge in [-0.15, -0.1) is 0 Å². The molecule has 0 fully saturated rings. The van der Waals surface area contributed by atoms with Crippen molar-refractivity contribution in [2.45, 2.75) is 155 Å². The lowest BCUT2D eigenvalue weighted by Crippen LogP contribution is -2.52. The number of quaternary nitrogens is 2. The Morgan fingerprint density at radius 1 is 0.435 bits per heavy atom. The molecule has 0 saturated carbocycles. The first-order chi connectivity index (χ1) is 22.2. The normalized spacial score (nSPS) is 14.1. The maximum absolute atomic E-state index is 12.6. The molecule has 0 rings (SSSR count). The molecule has 0 aliphatic rings. The van der Waals surface area contributed by atoms with Crippen molar-refractivity contribution in [1.29, 1.82) is 0 Å². The van der Waals surface area contributed by atoms with Crippen LogP contribution in [0, 0.1) is 0 Å². The first-order valence-electron chi connectivity index (χ1n) is 19.7. The average Bonchev–Trinajstić information content (AvgIpc) is 3.01. The van der Waals surface area contributed by atoms with Gasteiger partial charge in [0.25, 0.3) is 11.8 Å². The number of aliphatic hydroxyl groups excluding tert-OH is 2. The number of likely N-dealkylation sites (N-methyl/N-ethyl adjacent to an activating group) is 2. The first kappa shape index (κ1) is 44.8. The van der Waals surface area contributed by atoms with Crippen LogP contribution in [0.3, 0.4) is 0 Å². The summed E-state index contributed by atoms with van der Waals surface area (Å²) in [5, 5.41) is 25.5. The van der Waals surface area contributed by atoms with Crippen LogP contribution < -0.4 is 10.6 Å². The van der Waals surface area contributed by atoms with Crippen LogP contribution >= 0.6 is 0 Å². The molecular formula is C38H80N4O4+2. The van der Waals surface area contributed by atoms with E-state index in [9.17, 15) is 19.8 Å². The van der Waals surface area contributed by atoms with Crippen LogP contribution in [0.2, 0.25) is 0 Å². The third-order valence-electron chi connectivity index (χ3n) is 9.68. The van der Waals surface area contributed by atoms with Crippen molar-refractivity contribution < 1.29 is 28.8 Å². The van der Waals surface area contributed by atoms with Crippen molar-refractivity contribution in [2.24, 2.45) is 0 Å². The quantitative estimate of drug-likeness (QED) is 0.0450. The van der Waals surface area contributed by atoms with E-state index in [0.717, 1.165) is 77.5 Å². The number of nitrogens with one attached hydrogen (secondary N) is 2. The SMILES string of the molecule is CCCCCCCCCCNC(=O)C[N+](C)(CCO)CCCCCCCC[N+](C)(CCO)CC(=O)NCCCCCCCCCC. The number of nitrogens with zero attached hydrogens (tertiary/aromatic N) is 2. The summed E-state index contributed by atoms with van der Waals surface area (Å²) in [6.45, 7) is 10.1. The van der Waals surface area contributed by atoms with Crippen molar-refractivity contribution in [3.63, 3.8) is 0 Å². The lowest BCUT2D eigenvalue weighted by molar-refractivity contribution is -0.902. The third-order valence-corrected chi connectivity index (χ3v) is 9.68. The van der Waals surface area contributed by atoms with E-state index in [1.165, 1.54) is 89.9 Å². The van der Waals surface area contributed by atoms with Crippen molar-refractivity contribution in [2.75, 3.05) is 79.7 Å². The number of amides is 2. The number of rotatable bonds is 35. The van der Waals surface area contributed by atoms with Crippen LogP contribution in [0.25, 0.3) is 0 Å². The van der Waals surface area contributed by atoms with Gasteiger partial charge in [0.2, 0.25) is 0 Å². The van der Waals surface area contributed by atoms with Gasteiger partial charge in [-0.2, -0.15) is 0 Å². The Balaban J connectivity index is 4.10. The molecule has 0 heterocycles. The van der Waals surface area contributed by atoms with Crippen LogP contribution in [0.1, 0.15) is 155 Å². The Kier molecular flexibility index (Phi) is 30.2. The van der Waals surface area contributed by atoms with Crippen LogP contribution in [-0.2, 0) is 9.59 Å². The molecule has 0 aliphatic heterocycles. The molecule has 2 amide bonds. The number of carbonyl (C=O) groups is 2. The minimum Gasteiger partial charge on any atom is -0.391 e. The Bertz CT molecular complexity index is 652. The van der Waals surface area contributed by atoms with Crippen LogP contribution in [0.4, 0.5) is 0 Å². The van der Waals surface area contributed by atoms with Gasteiger partial charge in [0.1, 0.15) is 13.1 Å². The van der Waals surface area contributed by atoms with E-state index in [1.54, 1.807) is 0 Å². The fourth-order valence-electron chi connectivity index (χ4n) is 6.50. The van der Waals surface area contributed by atoms with Crippen LogP contribution in [-0.4, -0.2) is 111 Å². The molecule has 46 heavy (non-hydrogen) atoms. The molecule has 2 atom stereocenters. The Morgan fingerprint density at radius 2 is 0.717 bits per heavy atom. The molecule has 0 aromatic heterocycles. The van der Waals surface area contributed by atoms with Crippen molar-refractivity contribution >= 4 is 11.8 Å². The minimum atomic E-state index is 0.101. The topological polar surface area (TPSA) is 98.7 Å². The number of carbonyl (C=O) groups excluding carboxylic acids is 2. The van der Waals surface area contributed by atoms with Gasteiger partial charge in [0.15, 0.2) is 13.1 Å². The highest BCUT2D eigenvalue weighted by molar-refractivity contribution is 5.77. The zero-order valence-corrected chi connectivity index (χ0v) is 31.2. The van der Waals surface area contributed by atoms with E-state index in [2.05, 4.69) is 38.6 Å². The predicted molar refractivity (Wildman–Crippen MR) is 195 cm³/mol. The van der Waals surface area contributed by atoms with Gasteiger partial charge in [-0.3, -0.25) is 9.59 Å². The molecule has 0 spiro atoms. The van der Waals surface area contributed by atoms with E-state index in [0.29, 0.717) is 35.1 Å². The van der Waals surface area contributed by atoms with Crippen molar-refractivity contribution in [1.82, 2.24) is 10.6 Å². The van der Waals surface area contributed by atoms with Crippen LogP contribution in [0.15, 0.2) is 0 Å². The molecule has 274 valence electrons. The Morgan fingerprint density at radius 3 is 1.02 bits per heavy atom. The molecule has 0 aromatic carbocycles. The molecule has 0 radical (unpaired) electrons. The summed E-state index contributed by atoms with van der Waals surface area (Å²) >= 11 is 0. The highest BCUT2D eigenvalue weighted by Gasteiger charge is 2.25. The van der Waals surface area contributed by atoms with E-state index >= 15 is 0 Å². The summed E-state index contributed by atoms with van der Waals surface area (Å²) in [5.41, 5.74) is 0. The van der Waals surface area contributed by atoms with E-state index in [-0.39, 0.29) is 25.0 Å². The smallest absolute Gasteiger partial charge is 0.275 e. The lowest BCUT2D eigenvalue weighted by atomic mass is 10.1. The summed E-state index contributed by atoms with van der Waals surface area (Å²) in [7, 11) is 4.19. The highest BCUT2D eigenvalue weighted by atomic mass is 16.3. The maximum Gasteiger partial charge on any atom is 0.275 e. The number of aliphatic hydroxyl groups is 2. The largest absolute Gasteiger partial charge is 0.391 e. The van der Waals surface area contributed by atoms with Gasteiger partial charge < -0.3 is 29.8 Å². The summed E-state index contributed by atoms with van der Waals surface area (Å²) in [6, 6.07) is 0. The van der Waals surface area contributed by atoms with Crippen LogP contribution in [0.5, 0.6) is 0 Å². The molecule has 0 aromatic rings. The second-order valence-corrected chi connectivity index (χ2v) is 14.7. The molecule has 8 nitrogen and oxygen atoms in total. The second kappa shape index (κ2) is 31.1. The lowest BCUT2D eigenvalue weighted by Gasteiger charge is -2.33. The van der Waals surface area contributed by atoms with Crippen molar-refractivity contribution in [3.05, 3.63) is 0 Å². The summed E-state index contributed by atoms with van der Waals surface area (Å²) < 4.78 is 1.19. The molecule has 0 saturated heterocycles. The third kappa shape index (κ3) is 27.9. The monoisotopic (exact) mass is 657 g/mol. The number of hydrogen-bond donors (Lipinski definition) is 4. The van der Waals surface area contributed by atoms with E-state index in [4.69, 9.17) is 0 Å². The Labute approximate surface area is 285 Å². The van der Waals surface area contributed by atoms with Gasteiger partial charge in [-0.05, 0) is 38.5 Å².